The predicted octanol–water partition coefficient (Wildman–Crippen LogP) is 2.30. The molecule has 0 fully saturated rings. The molecule has 1 heterocycles. The molecule has 0 radical (unpaired) electrons. The van der Waals surface area contributed by atoms with Crippen LogP contribution in [0.25, 0.3) is 10.6 Å². The predicted molar refractivity (Wildman–Crippen MR) is 85.1 cm³/mol. The van der Waals surface area contributed by atoms with Crippen LogP contribution in [0.2, 0.25) is 0 Å². The quantitative estimate of drug-likeness (QED) is 0.758. The van der Waals surface area contributed by atoms with Crippen molar-refractivity contribution in [3.05, 3.63) is 28.8 Å². The molecule has 0 aliphatic carbocycles. The molecule has 6 heteroatoms. The molecule has 0 atom stereocenters. The number of nitrogens with zero attached hydrogens (tertiary/aromatic N) is 2. The largest absolute Gasteiger partial charge is 0.496 e. The lowest BCUT2D eigenvalue weighted by Crippen LogP contribution is -2.21. The fourth-order valence-corrected chi connectivity index (χ4v) is 2.81. The number of aromatic nitrogens is 2. The highest BCUT2D eigenvalue weighted by Gasteiger charge is 2.11. The molecule has 1 aromatic heterocycles. The lowest BCUT2D eigenvalue weighted by Gasteiger charge is -2.06. The van der Waals surface area contributed by atoms with Crippen LogP contribution in [-0.2, 0) is 11.2 Å². The maximum Gasteiger partial charge on any atom is 0.151 e. The summed E-state index contributed by atoms with van der Waals surface area (Å²) in [5.41, 5.74) is 2.19. The van der Waals surface area contributed by atoms with Crippen LogP contribution in [0.3, 0.4) is 0 Å². The number of aryl methyl sites for hydroxylation is 1. The average Bonchev–Trinajstić information content (AvgIpc) is 2.96. The summed E-state index contributed by atoms with van der Waals surface area (Å²) in [6.45, 7) is 4.52. The van der Waals surface area contributed by atoms with Gasteiger partial charge in [-0.15, -0.1) is 10.2 Å². The van der Waals surface area contributed by atoms with Gasteiger partial charge in [-0.25, -0.2) is 0 Å². The number of hydrogen-bond acceptors (Lipinski definition) is 6. The van der Waals surface area contributed by atoms with Crippen molar-refractivity contribution in [2.75, 3.05) is 33.9 Å². The minimum atomic E-state index is 0.724. The average molecular weight is 307 g/mol. The van der Waals surface area contributed by atoms with E-state index in [9.17, 15) is 0 Å². The molecule has 0 aliphatic rings. The van der Waals surface area contributed by atoms with Crippen LogP contribution in [0, 0.1) is 6.92 Å². The fraction of sp³-hybridized carbons (Fsp3) is 0.467. The molecule has 2 rings (SSSR count). The molecule has 0 aliphatic heterocycles. The van der Waals surface area contributed by atoms with Crippen LogP contribution < -0.4 is 10.1 Å². The first-order chi connectivity index (χ1) is 10.2. The summed E-state index contributed by atoms with van der Waals surface area (Å²) in [4.78, 5) is 0. The zero-order valence-corrected chi connectivity index (χ0v) is 13.5. The number of hydrogen-bond donors (Lipinski definition) is 1. The molecule has 0 unspecified atom stereocenters. The minimum absolute atomic E-state index is 0.724. The zero-order valence-electron chi connectivity index (χ0n) is 12.7. The Labute approximate surface area is 129 Å². The minimum Gasteiger partial charge on any atom is -0.496 e. The first-order valence-corrected chi connectivity index (χ1v) is 7.73. The highest BCUT2D eigenvalue weighted by atomic mass is 32.1. The van der Waals surface area contributed by atoms with E-state index in [1.165, 1.54) is 5.56 Å². The third-order valence-corrected chi connectivity index (χ3v) is 4.07. The Hall–Kier alpha value is -1.50. The van der Waals surface area contributed by atoms with Gasteiger partial charge < -0.3 is 14.8 Å². The van der Waals surface area contributed by atoms with Crippen molar-refractivity contribution in [2.24, 2.45) is 0 Å². The molecule has 2 aromatic rings. The number of methoxy groups -OCH3 is 2. The van der Waals surface area contributed by atoms with Crippen LogP contribution >= 0.6 is 11.3 Å². The first-order valence-electron chi connectivity index (χ1n) is 6.91. The summed E-state index contributed by atoms with van der Waals surface area (Å²) in [5.74, 6) is 0.835. The van der Waals surface area contributed by atoms with Crippen molar-refractivity contribution >= 4 is 11.3 Å². The summed E-state index contributed by atoms with van der Waals surface area (Å²) >= 11 is 1.61. The van der Waals surface area contributed by atoms with Gasteiger partial charge in [0.1, 0.15) is 10.8 Å². The molecule has 5 nitrogen and oxygen atoms in total. The van der Waals surface area contributed by atoms with E-state index in [0.717, 1.165) is 47.4 Å². The van der Waals surface area contributed by atoms with Crippen LogP contribution in [0.4, 0.5) is 0 Å². The Bertz CT molecular complexity index is 572. The Morgan fingerprint density at radius 3 is 2.81 bits per heavy atom. The van der Waals surface area contributed by atoms with Gasteiger partial charge >= 0.3 is 0 Å². The molecule has 21 heavy (non-hydrogen) atoms. The van der Waals surface area contributed by atoms with Gasteiger partial charge in [0, 0.05) is 26.6 Å². The standard InChI is InChI=1S/C15H21N3O2S/c1-11-4-5-13(20-3)12(10-11)15-18-17-14(21-15)6-7-16-8-9-19-2/h4-5,10,16H,6-9H2,1-3H3. The van der Waals surface area contributed by atoms with E-state index in [1.54, 1.807) is 25.6 Å². The van der Waals surface area contributed by atoms with Crippen LogP contribution in [-0.4, -0.2) is 44.1 Å². The molecular weight excluding hydrogens is 286 g/mol. The van der Waals surface area contributed by atoms with E-state index < -0.39 is 0 Å². The third-order valence-electron chi connectivity index (χ3n) is 3.05. The van der Waals surface area contributed by atoms with Gasteiger partial charge in [0.25, 0.3) is 0 Å². The molecule has 0 bridgehead atoms. The van der Waals surface area contributed by atoms with Gasteiger partial charge in [-0.2, -0.15) is 0 Å². The normalized spacial score (nSPS) is 10.8. The summed E-state index contributed by atoms with van der Waals surface area (Å²) < 4.78 is 10.4. The third kappa shape index (κ3) is 4.49. The van der Waals surface area contributed by atoms with E-state index in [-0.39, 0.29) is 0 Å². The van der Waals surface area contributed by atoms with Crippen LogP contribution in [0.5, 0.6) is 5.75 Å². The number of rotatable bonds is 8. The second-order valence-electron chi connectivity index (χ2n) is 4.70. The first kappa shape index (κ1) is 15.9. The number of ether oxygens (including phenoxy) is 2. The highest BCUT2D eigenvalue weighted by Crippen LogP contribution is 2.32. The van der Waals surface area contributed by atoms with Crippen molar-refractivity contribution < 1.29 is 9.47 Å². The van der Waals surface area contributed by atoms with E-state index in [0.29, 0.717) is 0 Å². The molecule has 0 spiro atoms. The lowest BCUT2D eigenvalue weighted by molar-refractivity contribution is 0.199. The fourth-order valence-electron chi connectivity index (χ4n) is 1.95. The van der Waals surface area contributed by atoms with Gasteiger partial charge in [0.2, 0.25) is 0 Å². The molecular formula is C15H21N3O2S. The highest BCUT2D eigenvalue weighted by molar-refractivity contribution is 7.14. The molecule has 114 valence electrons. The lowest BCUT2D eigenvalue weighted by atomic mass is 10.1. The Kier molecular flexibility index (Phi) is 6.10. The van der Waals surface area contributed by atoms with Crippen molar-refractivity contribution in [3.63, 3.8) is 0 Å². The molecule has 0 saturated heterocycles. The monoisotopic (exact) mass is 307 g/mol. The summed E-state index contributed by atoms with van der Waals surface area (Å²) in [6, 6.07) is 6.09. The molecule has 0 amide bonds. The topological polar surface area (TPSA) is 56.3 Å². The maximum absolute atomic E-state index is 5.40. The van der Waals surface area contributed by atoms with Crippen molar-refractivity contribution in [2.45, 2.75) is 13.3 Å². The van der Waals surface area contributed by atoms with Gasteiger partial charge in [0.15, 0.2) is 5.01 Å². The SMILES string of the molecule is COCCNCCc1nnc(-c2cc(C)ccc2OC)s1. The van der Waals surface area contributed by atoms with Crippen LogP contribution in [0.15, 0.2) is 18.2 Å². The number of benzene rings is 1. The molecule has 0 saturated carbocycles. The van der Waals surface area contributed by atoms with Gasteiger partial charge in [-0.05, 0) is 19.1 Å². The van der Waals surface area contributed by atoms with Gasteiger partial charge in [0.05, 0.1) is 19.3 Å². The van der Waals surface area contributed by atoms with E-state index in [1.807, 2.05) is 12.1 Å². The second kappa shape index (κ2) is 8.07. The van der Waals surface area contributed by atoms with Crippen molar-refractivity contribution in [1.29, 1.82) is 0 Å². The Morgan fingerprint density at radius 2 is 2.05 bits per heavy atom. The van der Waals surface area contributed by atoms with Crippen LogP contribution in [0.1, 0.15) is 10.6 Å². The maximum atomic E-state index is 5.40. The van der Waals surface area contributed by atoms with Crippen molar-refractivity contribution in [1.82, 2.24) is 15.5 Å². The van der Waals surface area contributed by atoms with Gasteiger partial charge in [-0.1, -0.05) is 23.0 Å². The zero-order chi connectivity index (χ0) is 15.1. The van der Waals surface area contributed by atoms with E-state index >= 15 is 0 Å². The smallest absolute Gasteiger partial charge is 0.151 e. The van der Waals surface area contributed by atoms with E-state index in [2.05, 4.69) is 28.5 Å². The molecule has 1 N–H and O–H groups in total. The summed E-state index contributed by atoms with van der Waals surface area (Å²) in [5, 5.41) is 13.8. The molecule has 1 aromatic carbocycles. The van der Waals surface area contributed by atoms with Gasteiger partial charge in [-0.3, -0.25) is 0 Å². The van der Waals surface area contributed by atoms with Crippen molar-refractivity contribution in [3.8, 4) is 16.3 Å². The Morgan fingerprint density at radius 1 is 1.19 bits per heavy atom. The van der Waals surface area contributed by atoms with E-state index in [4.69, 9.17) is 9.47 Å². The number of nitrogens with one attached hydrogen (secondary N) is 1. The summed E-state index contributed by atoms with van der Waals surface area (Å²) in [7, 11) is 3.38. The second-order valence-corrected chi connectivity index (χ2v) is 5.76. The Balaban J connectivity index is 2.01. The summed E-state index contributed by atoms with van der Waals surface area (Å²) in [6.07, 6.45) is 0.871.